The van der Waals surface area contributed by atoms with Crippen LogP contribution in [0.1, 0.15) is 0 Å². The summed E-state index contributed by atoms with van der Waals surface area (Å²) in [4.78, 5) is 18.2. The van der Waals surface area contributed by atoms with Gasteiger partial charge in [0.2, 0.25) is 4.77 Å². The Balaban J connectivity index is 2.40. The molecule has 7 nitrogen and oxygen atoms in total. The molecule has 0 aliphatic rings. The normalized spacial score (nSPS) is 10.9. The van der Waals surface area contributed by atoms with Crippen LogP contribution in [0.15, 0.2) is 27.6 Å². The third-order valence-electron chi connectivity index (χ3n) is 2.30. The number of fused-ring (bicyclic) bond motifs is 1. The Kier molecular flexibility index (Phi) is 2.56. The van der Waals surface area contributed by atoms with E-state index in [2.05, 4.69) is 41.2 Å². The van der Waals surface area contributed by atoms with Gasteiger partial charge in [-0.25, -0.2) is 4.79 Å². The van der Waals surface area contributed by atoms with Crippen LogP contribution in [0.5, 0.6) is 0 Å². The van der Waals surface area contributed by atoms with E-state index in [9.17, 15) is 4.79 Å². The minimum Gasteiger partial charge on any atom is -0.285 e. The van der Waals surface area contributed by atoms with Gasteiger partial charge in [-0.15, -0.1) is 5.10 Å². The van der Waals surface area contributed by atoms with E-state index in [0.29, 0.717) is 21.5 Å². The van der Waals surface area contributed by atoms with Crippen molar-refractivity contribution in [3.05, 3.63) is 38.1 Å². The molecule has 0 unspecified atom stereocenters. The minimum absolute atomic E-state index is 0.130. The lowest BCUT2D eigenvalue weighted by molar-refractivity contribution is 0.833. The first-order valence-corrected chi connectivity index (χ1v) is 6.05. The first kappa shape index (κ1) is 11.2. The average Bonchev–Trinajstić information content (AvgIpc) is 2.69. The molecule has 2 N–H and O–H groups in total. The van der Waals surface area contributed by atoms with Crippen LogP contribution in [0, 0.1) is 4.77 Å². The maximum absolute atomic E-state index is 11.7. The lowest BCUT2D eigenvalue weighted by atomic mass is 10.3. The Morgan fingerprint density at radius 3 is 3.00 bits per heavy atom. The molecular formula is C9H5BrN6OS. The summed E-state index contributed by atoms with van der Waals surface area (Å²) in [6.45, 7) is 0. The predicted molar refractivity (Wildman–Crippen MR) is 69.7 cm³/mol. The number of nitrogens with one attached hydrogen (secondary N) is 2. The van der Waals surface area contributed by atoms with E-state index in [-0.39, 0.29) is 10.5 Å². The standard InChI is InChI=1S/C9H5BrN6OS/c10-5-6(4-2-1-3-11-14-4)15-16-7(5)12-8(18)13-9(16)17/h1-3,15H,(H,13,17,18). The summed E-state index contributed by atoms with van der Waals surface area (Å²) in [7, 11) is 0. The lowest BCUT2D eigenvalue weighted by Crippen LogP contribution is -2.18. The third-order valence-corrected chi connectivity index (χ3v) is 3.25. The largest absolute Gasteiger partial charge is 0.348 e. The molecule has 0 saturated carbocycles. The highest BCUT2D eigenvalue weighted by molar-refractivity contribution is 9.10. The molecule has 18 heavy (non-hydrogen) atoms. The predicted octanol–water partition coefficient (Wildman–Crippen LogP) is 1.30. The minimum atomic E-state index is -0.388. The van der Waals surface area contributed by atoms with Crippen LogP contribution in [-0.2, 0) is 0 Å². The number of aromatic nitrogens is 6. The average molecular weight is 325 g/mol. The highest BCUT2D eigenvalue weighted by Crippen LogP contribution is 2.27. The van der Waals surface area contributed by atoms with Crippen molar-refractivity contribution in [3.8, 4) is 11.4 Å². The lowest BCUT2D eigenvalue weighted by Gasteiger charge is -1.94. The Labute approximate surface area is 113 Å². The van der Waals surface area contributed by atoms with Crippen molar-refractivity contribution in [1.29, 1.82) is 0 Å². The number of H-pyrrole nitrogens is 2. The van der Waals surface area contributed by atoms with E-state index >= 15 is 0 Å². The fraction of sp³-hybridized carbons (Fsp3) is 0. The van der Waals surface area contributed by atoms with Gasteiger partial charge in [-0.2, -0.15) is 14.6 Å². The van der Waals surface area contributed by atoms with Crippen molar-refractivity contribution in [2.45, 2.75) is 0 Å². The van der Waals surface area contributed by atoms with Crippen molar-refractivity contribution < 1.29 is 0 Å². The number of hydrogen-bond donors (Lipinski definition) is 2. The number of nitrogens with zero attached hydrogens (tertiary/aromatic N) is 4. The van der Waals surface area contributed by atoms with Crippen molar-refractivity contribution >= 4 is 33.8 Å². The highest BCUT2D eigenvalue weighted by atomic mass is 79.9. The monoisotopic (exact) mass is 324 g/mol. The molecule has 3 aromatic heterocycles. The van der Waals surface area contributed by atoms with E-state index in [1.165, 1.54) is 4.52 Å². The van der Waals surface area contributed by atoms with Gasteiger partial charge in [-0.3, -0.25) is 10.1 Å². The zero-order valence-corrected chi connectivity index (χ0v) is 11.1. The van der Waals surface area contributed by atoms with Crippen LogP contribution in [0.25, 0.3) is 17.0 Å². The van der Waals surface area contributed by atoms with Gasteiger partial charge in [-0.05, 0) is 40.3 Å². The van der Waals surface area contributed by atoms with Crippen molar-refractivity contribution in [3.63, 3.8) is 0 Å². The molecule has 0 radical (unpaired) electrons. The molecule has 3 aromatic rings. The van der Waals surface area contributed by atoms with Gasteiger partial charge in [0.25, 0.3) is 0 Å². The van der Waals surface area contributed by atoms with Gasteiger partial charge in [0.05, 0.1) is 4.47 Å². The second-order valence-corrected chi connectivity index (χ2v) is 4.60. The summed E-state index contributed by atoms with van der Waals surface area (Å²) < 4.78 is 2.00. The number of rotatable bonds is 1. The second kappa shape index (κ2) is 4.10. The van der Waals surface area contributed by atoms with Crippen LogP contribution in [0.2, 0.25) is 0 Å². The maximum atomic E-state index is 11.7. The van der Waals surface area contributed by atoms with E-state index in [1.807, 2.05) is 0 Å². The van der Waals surface area contributed by atoms with Gasteiger partial charge in [0, 0.05) is 6.20 Å². The van der Waals surface area contributed by atoms with E-state index in [4.69, 9.17) is 12.2 Å². The molecule has 3 heterocycles. The van der Waals surface area contributed by atoms with E-state index < -0.39 is 0 Å². The SMILES string of the molecule is O=c1[nH]c(=S)nc2c(Br)c(-c3cccnn3)[nH]n12. The first-order valence-electron chi connectivity index (χ1n) is 4.85. The quantitative estimate of drug-likeness (QED) is 0.658. The van der Waals surface area contributed by atoms with Gasteiger partial charge in [0.1, 0.15) is 11.4 Å². The fourth-order valence-corrected chi connectivity index (χ4v) is 2.28. The highest BCUT2D eigenvalue weighted by Gasteiger charge is 2.14. The Morgan fingerprint density at radius 1 is 1.44 bits per heavy atom. The number of halogens is 1. The third kappa shape index (κ3) is 1.68. The van der Waals surface area contributed by atoms with Crippen LogP contribution in [0.4, 0.5) is 0 Å². The summed E-state index contributed by atoms with van der Waals surface area (Å²) in [5.74, 6) is 0. The van der Waals surface area contributed by atoms with Crippen LogP contribution in [-0.4, -0.2) is 29.8 Å². The van der Waals surface area contributed by atoms with Gasteiger partial charge in [-0.1, -0.05) is 0 Å². The molecule has 0 saturated heterocycles. The molecule has 3 rings (SSSR count). The number of aromatic amines is 2. The number of hydrogen-bond acceptors (Lipinski definition) is 5. The summed E-state index contributed by atoms with van der Waals surface area (Å²) in [5.41, 5.74) is 1.23. The zero-order valence-electron chi connectivity index (χ0n) is 8.72. The molecular weight excluding hydrogens is 320 g/mol. The Bertz CT molecular complexity index is 836. The van der Waals surface area contributed by atoms with Crippen LogP contribution in [0.3, 0.4) is 0 Å². The molecule has 0 aliphatic heterocycles. The van der Waals surface area contributed by atoms with Gasteiger partial charge in [0.15, 0.2) is 5.65 Å². The molecule has 0 bridgehead atoms. The van der Waals surface area contributed by atoms with E-state index in [0.717, 1.165) is 0 Å². The fourth-order valence-electron chi connectivity index (χ4n) is 1.55. The van der Waals surface area contributed by atoms with Crippen LogP contribution < -0.4 is 5.69 Å². The molecule has 0 aliphatic carbocycles. The second-order valence-electron chi connectivity index (χ2n) is 3.42. The van der Waals surface area contributed by atoms with Gasteiger partial charge < -0.3 is 0 Å². The molecule has 0 atom stereocenters. The molecule has 9 heteroatoms. The summed E-state index contributed by atoms with van der Waals surface area (Å²) in [6, 6.07) is 3.52. The molecule has 0 amide bonds. The summed E-state index contributed by atoms with van der Waals surface area (Å²) in [5, 5.41) is 10.6. The maximum Gasteiger partial charge on any atom is 0.348 e. The Morgan fingerprint density at radius 2 is 2.28 bits per heavy atom. The topological polar surface area (TPSA) is 91.7 Å². The molecule has 90 valence electrons. The summed E-state index contributed by atoms with van der Waals surface area (Å²) in [6.07, 6.45) is 1.57. The Hall–Kier alpha value is -1.87. The van der Waals surface area contributed by atoms with Crippen molar-refractivity contribution in [2.24, 2.45) is 0 Å². The molecule has 0 fully saturated rings. The zero-order chi connectivity index (χ0) is 12.7. The van der Waals surface area contributed by atoms with Crippen molar-refractivity contribution in [2.75, 3.05) is 0 Å². The molecule has 0 spiro atoms. The molecule has 0 aromatic carbocycles. The smallest absolute Gasteiger partial charge is 0.285 e. The first-order chi connectivity index (χ1) is 8.66. The van der Waals surface area contributed by atoms with Crippen LogP contribution >= 0.6 is 28.1 Å². The van der Waals surface area contributed by atoms with Gasteiger partial charge >= 0.3 is 5.69 Å². The van der Waals surface area contributed by atoms with E-state index in [1.54, 1.807) is 18.3 Å². The summed E-state index contributed by atoms with van der Waals surface area (Å²) >= 11 is 8.25. The van der Waals surface area contributed by atoms with Crippen molar-refractivity contribution in [1.82, 2.24) is 29.8 Å².